The summed E-state index contributed by atoms with van der Waals surface area (Å²) in [4.78, 5) is 37.1. The highest BCUT2D eigenvalue weighted by Crippen LogP contribution is 2.19. The molecule has 27 heavy (non-hydrogen) atoms. The standard InChI is InChI=1S/C21H26N4O2/c1-2-3-12-24(21(27)19-15-22-10-11-23-19)14-9-20(26)25-13-8-17-6-4-5-7-18(17)16-25/h4-7,10-11,15H,2-3,8-9,12-14,16H2,1H3. The first-order valence-corrected chi connectivity index (χ1v) is 9.59. The van der Waals surface area contributed by atoms with Crippen molar-refractivity contribution in [3.05, 3.63) is 59.7 Å². The van der Waals surface area contributed by atoms with Gasteiger partial charge < -0.3 is 9.80 Å². The summed E-state index contributed by atoms with van der Waals surface area (Å²) >= 11 is 0. The molecule has 0 atom stereocenters. The van der Waals surface area contributed by atoms with E-state index in [1.807, 2.05) is 17.0 Å². The van der Waals surface area contributed by atoms with Crippen LogP contribution in [0, 0.1) is 0 Å². The van der Waals surface area contributed by atoms with Gasteiger partial charge in [0.25, 0.3) is 5.91 Å². The van der Waals surface area contributed by atoms with Gasteiger partial charge in [-0.15, -0.1) is 0 Å². The Hall–Kier alpha value is -2.76. The Labute approximate surface area is 160 Å². The van der Waals surface area contributed by atoms with Gasteiger partial charge in [0.05, 0.1) is 6.20 Å². The minimum Gasteiger partial charge on any atom is -0.338 e. The van der Waals surface area contributed by atoms with Crippen molar-refractivity contribution in [2.45, 2.75) is 39.2 Å². The molecule has 1 aromatic carbocycles. The Balaban J connectivity index is 1.60. The third-order valence-electron chi connectivity index (χ3n) is 4.93. The van der Waals surface area contributed by atoms with Crippen molar-refractivity contribution in [3.8, 4) is 0 Å². The number of hydrogen-bond donors (Lipinski definition) is 0. The van der Waals surface area contributed by atoms with Crippen LogP contribution >= 0.6 is 0 Å². The maximum Gasteiger partial charge on any atom is 0.274 e. The molecule has 0 aliphatic carbocycles. The molecule has 0 bridgehead atoms. The Morgan fingerprint density at radius 2 is 1.96 bits per heavy atom. The predicted octanol–water partition coefficient (Wildman–Crippen LogP) is 2.69. The fraction of sp³-hybridized carbons (Fsp3) is 0.429. The SMILES string of the molecule is CCCCN(CCC(=O)N1CCc2ccccc2C1)C(=O)c1cnccn1. The second kappa shape index (κ2) is 9.26. The average Bonchev–Trinajstić information content (AvgIpc) is 2.73. The van der Waals surface area contributed by atoms with Crippen LogP contribution in [0.4, 0.5) is 0 Å². The van der Waals surface area contributed by atoms with Crippen LogP contribution in [0.3, 0.4) is 0 Å². The van der Waals surface area contributed by atoms with Crippen molar-refractivity contribution in [1.29, 1.82) is 0 Å². The molecule has 0 saturated carbocycles. The van der Waals surface area contributed by atoms with Crippen LogP contribution < -0.4 is 0 Å². The molecular weight excluding hydrogens is 340 g/mol. The second-order valence-electron chi connectivity index (χ2n) is 6.82. The fourth-order valence-corrected chi connectivity index (χ4v) is 3.33. The van der Waals surface area contributed by atoms with E-state index < -0.39 is 0 Å². The summed E-state index contributed by atoms with van der Waals surface area (Å²) in [6.07, 6.45) is 7.65. The van der Waals surface area contributed by atoms with E-state index in [1.54, 1.807) is 11.1 Å². The van der Waals surface area contributed by atoms with E-state index in [4.69, 9.17) is 0 Å². The van der Waals surface area contributed by atoms with Gasteiger partial charge in [0, 0.05) is 45.0 Å². The van der Waals surface area contributed by atoms with Crippen molar-refractivity contribution in [2.24, 2.45) is 0 Å². The van der Waals surface area contributed by atoms with E-state index in [1.165, 1.54) is 23.5 Å². The molecule has 0 N–H and O–H groups in total. The molecule has 6 heteroatoms. The Morgan fingerprint density at radius 3 is 2.70 bits per heavy atom. The number of carbonyl (C=O) groups excluding carboxylic acids is 2. The number of nitrogens with zero attached hydrogens (tertiary/aromatic N) is 4. The molecule has 0 radical (unpaired) electrons. The summed E-state index contributed by atoms with van der Waals surface area (Å²) in [6.45, 7) is 4.51. The number of aromatic nitrogens is 2. The fourth-order valence-electron chi connectivity index (χ4n) is 3.33. The highest BCUT2D eigenvalue weighted by atomic mass is 16.2. The van der Waals surface area contributed by atoms with Crippen LogP contribution in [0.5, 0.6) is 0 Å². The minimum absolute atomic E-state index is 0.0953. The van der Waals surface area contributed by atoms with Gasteiger partial charge in [-0.3, -0.25) is 14.6 Å². The molecule has 6 nitrogen and oxygen atoms in total. The Kier molecular flexibility index (Phi) is 6.52. The predicted molar refractivity (Wildman–Crippen MR) is 103 cm³/mol. The molecule has 1 aliphatic rings. The Bertz CT molecular complexity index is 779. The van der Waals surface area contributed by atoms with Crippen LogP contribution in [-0.2, 0) is 17.8 Å². The van der Waals surface area contributed by atoms with Crippen molar-refractivity contribution in [3.63, 3.8) is 0 Å². The first-order valence-electron chi connectivity index (χ1n) is 9.59. The van der Waals surface area contributed by atoms with Gasteiger partial charge in [-0.1, -0.05) is 37.6 Å². The summed E-state index contributed by atoms with van der Waals surface area (Å²) in [5.74, 6) is -0.0636. The smallest absolute Gasteiger partial charge is 0.274 e. The van der Waals surface area contributed by atoms with Gasteiger partial charge in [0.1, 0.15) is 5.69 Å². The van der Waals surface area contributed by atoms with E-state index in [2.05, 4.69) is 29.0 Å². The average molecular weight is 366 g/mol. The third-order valence-corrected chi connectivity index (χ3v) is 4.93. The summed E-state index contributed by atoms with van der Waals surface area (Å²) in [7, 11) is 0. The highest BCUT2D eigenvalue weighted by molar-refractivity contribution is 5.92. The largest absolute Gasteiger partial charge is 0.338 e. The zero-order valence-corrected chi connectivity index (χ0v) is 15.8. The monoisotopic (exact) mass is 366 g/mol. The Morgan fingerprint density at radius 1 is 1.15 bits per heavy atom. The van der Waals surface area contributed by atoms with E-state index in [-0.39, 0.29) is 11.8 Å². The number of hydrogen-bond acceptors (Lipinski definition) is 4. The zero-order valence-electron chi connectivity index (χ0n) is 15.8. The van der Waals surface area contributed by atoms with Crippen LogP contribution in [0.1, 0.15) is 47.8 Å². The topological polar surface area (TPSA) is 66.4 Å². The molecular formula is C21H26N4O2. The van der Waals surface area contributed by atoms with Crippen LogP contribution in [0.15, 0.2) is 42.9 Å². The third kappa shape index (κ3) is 4.90. The van der Waals surface area contributed by atoms with E-state index in [0.29, 0.717) is 31.7 Å². The normalized spacial score (nSPS) is 13.1. The minimum atomic E-state index is -0.159. The van der Waals surface area contributed by atoms with Crippen LogP contribution in [-0.4, -0.2) is 51.2 Å². The molecule has 2 aromatic rings. The van der Waals surface area contributed by atoms with E-state index in [9.17, 15) is 9.59 Å². The lowest BCUT2D eigenvalue weighted by Crippen LogP contribution is -2.40. The lowest BCUT2D eigenvalue weighted by atomic mass is 10.00. The molecule has 142 valence electrons. The number of amides is 2. The van der Waals surface area contributed by atoms with Gasteiger partial charge in [-0.25, -0.2) is 4.98 Å². The molecule has 0 fully saturated rings. The second-order valence-corrected chi connectivity index (χ2v) is 6.82. The lowest BCUT2D eigenvalue weighted by molar-refractivity contribution is -0.132. The van der Waals surface area contributed by atoms with Gasteiger partial charge in [-0.05, 0) is 24.0 Å². The quantitative estimate of drug-likeness (QED) is 0.756. The van der Waals surface area contributed by atoms with Gasteiger partial charge >= 0.3 is 0 Å². The van der Waals surface area contributed by atoms with Crippen molar-refractivity contribution in [2.75, 3.05) is 19.6 Å². The molecule has 1 aliphatic heterocycles. The van der Waals surface area contributed by atoms with Gasteiger partial charge in [-0.2, -0.15) is 0 Å². The molecule has 0 spiro atoms. The van der Waals surface area contributed by atoms with E-state index >= 15 is 0 Å². The van der Waals surface area contributed by atoms with Crippen molar-refractivity contribution < 1.29 is 9.59 Å². The van der Waals surface area contributed by atoms with Crippen LogP contribution in [0.2, 0.25) is 0 Å². The lowest BCUT2D eigenvalue weighted by Gasteiger charge is -2.30. The summed E-state index contributed by atoms with van der Waals surface area (Å²) < 4.78 is 0. The zero-order chi connectivity index (χ0) is 19.1. The van der Waals surface area contributed by atoms with Gasteiger partial charge in [0.15, 0.2) is 0 Å². The number of rotatable bonds is 7. The first-order chi connectivity index (χ1) is 13.2. The van der Waals surface area contributed by atoms with Crippen molar-refractivity contribution >= 4 is 11.8 Å². The molecule has 0 unspecified atom stereocenters. The first kappa shape index (κ1) is 19.0. The van der Waals surface area contributed by atoms with Gasteiger partial charge in [0.2, 0.25) is 5.91 Å². The maximum atomic E-state index is 12.7. The summed E-state index contributed by atoms with van der Waals surface area (Å²) in [5, 5.41) is 0. The molecule has 0 saturated heterocycles. The molecule has 1 aromatic heterocycles. The number of carbonyl (C=O) groups is 2. The summed E-state index contributed by atoms with van der Waals surface area (Å²) in [5.41, 5.74) is 2.87. The molecule has 3 rings (SSSR count). The van der Waals surface area contributed by atoms with Crippen molar-refractivity contribution in [1.82, 2.24) is 19.8 Å². The highest BCUT2D eigenvalue weighted by Gasteiger charge is 2.22. The van der Waals surface area contributed by atoms with Crippen LogP contribution in [0.25, 0.3) is 0 Å². The number of benzene rings is 1. The number of unbranched alkanes of at least 4 members (excludes halogenated alkanes) is 1. The molecule has 2 amide bonds. The van der Waals surface area contributed by atoms with E-state index in [0.717, 1.165) is 25.8 Å². The summed E-state index contributed by atoms with van der Waals surface area (Å²) in [6, 6.07) is 8.27. The maximum absolute atomic E-state index is 12.7. The molecule has 2 heterocycles. The number of fused-ring (bicyclic) bond motifs is 1.